The van der Waals surface area contributed by atoms with Gasteiger partial charge in [0.2, 0.25) is 5.60 Å². The van der Waals surface area contributed by atoms with E-state index in [0.717, 1.165) is 11.6 Å². The summed E-state index contributed by atoms with van der Waals surface area (Å²) in [4.78, 5) is 38.7. The third-order valence-electron chi connectivity index (χ3n) is 5.37. The number of nitrogens with zero attached hydrogens (tertiary/aromatic N) is 1. The van der Waals surface area contributed by atoms with Crippen LogP contribution in [0.5, 0.6) is 0 Å². The number of hydrogen-bond acceptors (Lipinski definition) is 4. The Balaban J connectivity index is 1.48. The number of hydrogen-bond donors (Lipinski definition) is 3. The van der Waals surface area contributed by atoms with Crippen molar-refractivity contribution in [1.29, 1.82) is 0 Å². The average Bonchev–Trinajstić information content (AvgIpc) is 3.01. The molecule has 30 heavy (non-hydrogen) atoms. The van der Waals surface area contributed by atoms with Gasteiger partial charge >= 0.3 is 0 Å². The summed E-state index contributed by atoms with van der Waals surface area (Å²) in [6.07, 6.45) is 0.553. The molecule has 2 aromatic rings. The van der Waals surface area contributed by atoms with E-state index in [4.69, 9.17) is 11.6 Å². The van der Waals surface area contributed by atoms with Gasteiger partial charge < -0.3 is 20.6 Å². The van der Waals surface area contributed by atoms with Crippen LogP contribution >= 0.6 is 11.6 Å². The van der Waals surface area contributed by atoms with Gasteiger partial charge in [0.1, 0.15) is 5.82 Å². The van der Waals surface area contributed by atoms with Crippen LogP contribution in [0.2, 0.25) is 5.02 Å². The molecule has 0 spiro atoms. The van der Waals surface area contributed by atoms with Crippen LogP contribution in [-0.4, -0.2) is 41.5 Å². The molecule has 0 saturated carbocycles. The molecule has 1 atom stereocenters. The fourth-order valence-corrected chi connectivity index (χ4v) is 4.03. The van der Waals surface area contributed by atoms with Gasteiger partial charge in [0.05, 0.1) is 0 Å². The predicted molar refractivity (Wildman–Crippen MR) is 108 cm³/mol. The monoisotopic (exact) mass is 431 g/mol. The average molecular weight is 432 g/mol. The second-order valence-corrected chi connectivity index (χ2v) is 7.81. The van der Waals surface area contributed by atoms with Crippen molar-refractivity contribution in [1.82, 2.24) is 10.6 Å². The minimum atomic E-state index is -2.22. The highest BCUT2D eigenvalue weighted by atomic mass is 35.5. The molecule has 1 fully saturated rings. The topological polar surface area (TPSA) is 98.7 Å². The molecule has 3 N–H and O–H groups in total. The van der Waals surface area contributed by atoms with Gasteiger partial charge in [0, 0.05) is 42.3 Å². The van der Waals surface area contributed by atoms with E-state index in [1.165, 1.54) is 17.0 Å². The van der Waals surface area contributed by atoms with Gasteiger partial charge in [0.15, 0.2) is 0 Å². The zero-order chi connectivity index (χ0) is 21.5. The molecular formula is C21H19ClFN3O4. The molecule has 0 aliphatic carbocycles. The first kappa shape index (κ1) is 20.3. The molecule has 156 valence electrons. The molecule has 0 radical (unpaired) electrons. The molecule has 7 nitrogen and oxygen atoms in total. The molecule has 1 saturated heterocycles. The first-order chi connectivity index (χ1) is 14.3. The molecule has 2 heterocycles. The fraction of sp³-hybridized carbons (Fsp3) is 0.286. The molecular weight excluding hydrogens is 413 g/mol. The van der Waals surface area contributed by atoms with Crippen molar-refractivity contribution in [3.63, 3.8) is 0 Å². The summed E-state index contributed by atoms with van der Waals surface area (Å²) in [5, 5.41) is 16.2. The number of carbonyl (C=O) groups is 3. The number of amides is 3. The van der Waals surface area contributed by atoms with E-state index in [1.54, 1.807) is 18.2 Å². The Labute approximate surface area is 176 Å². The number of fused-ring (bicyclic) bond motifs is 1. The number of carbonyl (C=O) groups excluding carboxylic acids is 3. The van der Waals surface area contributed by atoms with Crippen LogP contribution in [0.1, 0.15) is 27.9 Å². The first-order valence-corrected chi connectivity index (χ1v) is 9.84. The normalized spacial score (nSPS) is 20.7. The third-order valence-corrected chi connectivity index (χ3v) is 5.59. The molecule has 3 amide bonds. The molecule has 0 aromatic heterocycles. The summed E-state index contributed by atoms with van der Waals surface area (Å²) in [7, 11) is 0. The Bertz CT molecular complexity index is 1040. The van der Waals surface area contributed by atoms with Gasteiger partial charge in [-0.1, -0.05) is 11.6 Å². The highest BCUT2D eigenvalue weighted by Gasteiger charge is 2.51. The first-order valence-electron chi connectivity index (χ1n) is 9.47. The lowest BCUT2D eigenvalue weighted by molar-refractivity contribution is -0.149. The van der Waals surface area contributed by atoms with Crippen molar-refractivity contribution >= 4 is 35.0 Å². The molecule has 4 rings (SSSR count). The Morgan fingerprint density at radius 1 is 1.27 bits per heavy atom. The summed E-state index contributed by atoms with van der Waals surface area (Å²) >= 11 is 5.80. The Hall–Kier alpha value is -2.97. The maximum atomic E-state index is 13.4. The largest absolute Gasteiger partial charge is 0.372 e. The minimum absolute atomic E-state index is 0.0835. The van der Waals surface area contributed by atoms with E-state index in [0.29, 0.717) is 29.8 Å². The highest BCUT2D eigenvalue weighted by Crippen LogP contribution is 2.31. The van der Waals surface area contributed by atoms with Crippen LogP contribution in [-0.2, 0) is 22.6 Å². The number of rotatable bonds is 4. The van der Waals surface area contributed by atoms with Gasteiger partial charge in [-0.25, -0.2) is 4.39 Å². The Kier molecular flexibility index (Phi) is 5.21. The number of benzene rings is 2. The molecule has 2 aliphatic rings. The zero-order valence-corrected chi connectivity index (χ0v) is 16.6. The summed E-state index contributed by atoms with van der Waals surface area (Å²) in [6, 6.07) is 8.84. The van der Waals surface area contributed by atoms with E-state index in [1.807, 2.05) is 0 Å². The van der Waals surface area contributed by atoms with Gasteiger partial charge in [-0.3, -0.25) is 14.4 Å². The van der Waals surface area contributed by atoms with E-state index in [9.17, 15) is 23.9 Å². The lowest BCUT2D eigenvalue weighted by atomic mass is 9.99. The standard InChI is InChI=1S/C21H19ClFN3O4/c22-14-7-12(8-15(23)10-14)11-25-19(28)21(30)4-6-26(20(21)29)16-1-2-17-13(9-16)3-5-24-18(17)27/h1-2,7-10,30H,3-6,11H2,(H,24,27)(H,25,28). The highest BCUT2D eigenvalue weighted by molar-refractivity contribution is 6.30. The molecule has 2 aliphatic heterocycles. The number of nitrogens with one attached hydrogen (secondary N) is 2. The van der Waals surface area contributed by atoms with Crippen LogP contribution in [0.15, 0.2) is 36.4 Å². The molecule has 9 heteroatoms. The van der Waals surface area contributed by atoms with Crippen LogP contribution in [0.3, 0.4) is 0 Å². The van der Waals surface area contributed by atoms with Crippen molar-refractivity contribution in [3.05, 3.63) is 63.9 Å². The summed E-state index contributed by atoms with van der Waals surface area (Å²) in [5.41, 5.74) is 0.0799. The quantitative estimate of drug-likeness (QED) is 0.640. The lowest BCUT2D eigenvalue weighted by Gasteiger charge is -2.23. The fourth-order valence-electron chi connectivity index (χ4n) is 3.79. The van der Waals surface area contributed by atoms with Crippen LogP contribution in [0, 0.1) is 5.82 Å². The van der Waals surface area contributed by atoms with Gasteiger partial charge in [0.25, 0.3) is 17.7 Å². The minimum Gasteiger partial charge on any atom is -0.372 e. The van der Waals surface area contributed by atoms with E-state index >= 15 is 0 Å². The van der Waals surface area contributed by atoms with Crippen molar-refractivity contribution in [3.8, 4) is 0 Å². The second kappa shape index (κ2) is 7.70. The van der Waals surface area contributed by atoms with Gasteiger partial charge in [-0.15, -0.1) is 0 Å². The Morgan fingerprint density at radius 2 is 2.07 bits per heavy atom. The summed E-state index contributed by atoms with van der Waals surface area (Å²) in [6.45, 7) is 0.582. The second-order valence-electron chi connectivity index (χ2n) is 7.37. The number of aliphatic hydroxyl groups is 1. The lowest BCUT2D eigenvalue weighted by Crippen LogP contribution is -2.52. The predicted octanol–water partition coefficient (Wildman–Crippen LogP) is 1.55. The summed E-state index contributed by atoms with van der Waals surface area (Å²) < 4.78 is 13.4. The number of anilines is 1. The molecule has 2 aromatic carbocycles. The van der Waals surface area contributed by atoms with E-state index in [-0.39, 0.29) is 30.4 Å². The maximum Gasteiger partial charge on any atom is 0.268 e. The summed E-state index contributed by atoms with van der Waals surface area (Å²) in [5.74, 6) is -2.30. The van der Waals surface area contributed by atoms with Crippen molar-refractivity contribution in [2.45, 2.75) is 25.0 Å². The van der Waals surface area contributed by atoms with E-state index in [2.05, 4.69) is 10.6 Å². The van der Waals surface area contributed by atoms with Gasteiger partial charge in [-0.2, -0.15) is 0 Å². The van der Waals surface area contributed by atoms with Crippen molar-refractivity contribution in [2.24, 2.45) is 0 Å². The zero-order valence-electron chi connectivity index (χ0n) is 15.9. The Morgan fingerprint density at radius 3 is 2.83 bits per heavy atom. The van der Waals surface area contributed by atoms with Crippen LogP contribution in [0.25, 0.3) is 0 Å². The molecule has 1 unspecified atom stereocenters. The smallest absolute Gasteiger partial charge is 0.268 e. The van der Waals surface area contributed by atoms with Crippen molar-refractivity contribution in [2.75, 3.05) is 18.0 Å². The van der Waals surface area contributed by atoms with E-state index < -0.39 is 23.2 Å². The maximum absolute atomic E-state index is 13.4. The van der Waals surface area contributed by atoms with Gasteiger partial charge in [-0.05, 0) is 53.9 Å². The van der Waals surface area contributed by atoms with Crippen LogP contribution in [0.4, 0.5) is 10.1 Å². The molecule has 0 bridgehead atoms. The number of halogens is 2. The van der Waals surface area contributed by atoms with Crippen molar-refractivity contribution < 1.29 is 23.9 Å². The van der Waals surface area contributed by atoms with Crippen LogP contribution < -0.4 is 15.5 Å². The SMILES string of the molecule is O=C1NCCc2cc(N3CCC(O)(C(=O)NCc4cc(F)cc(Cl)c4)C3=O)ccc21. The third kappa shape index (κ3) is 3.64.